The van der Waals surface area contributed by atoms with Gasteiger partial charge in [0.15, 0.2) is 0 Å². The largest absolute Gasteiger partial charge is 0.493 e. The molecule has 0 spiro atoms. The fraction of sp³-hybridized carbons (Fsp3) is 0.412. The number of rotatable bonds is 5. The van der Waals surface area contributed by atoms with Crippen molar-refractivity contribution in [2.24, 2.45) is 0 Å². The third-order valence-corrected chi connectivity index (χ3v) is 4.85. The van der Waals surface area contributed by atoms with Crippen molar-refractivity contribution in [1.82, 2.24) is 5.32 Å². The molecule has 1 N–H and O–H groups in total. The van der Waals surface area contributed by atoms with E-state index in [0.29, 0.717) is 12.0 Å². The summed E-state index contributed by atoms with van der Waals surface area (Å²) < 4.78 is 5.76. The van der Waals surface area contributed by atoms with Crippen LogP contribution in [0.4, 0.5) is 0 Å². The van der Waals surface area contributed by atoms with Crippen molar-refractivity contribution < 1.29 is 4.74 Å². The number of fused-ring (bicyclic) bond motifs is 1. The smallest absolute Gasteiger partial charge is 0.122 e. The molecule has 106 valence electrons. The predicted molar refractivity (Wildman–Crippen MR) is 84.8 cm³/mol. The van der Waals surface area contributed by atoms with Crippen LogP contribution in [0.2, 0.25) is 0 Å². The molecule has 20 heavy (non-hydrogen) atoms. The topological polar surface area (TPSA) is 21.3 Å². The van der Waals surface area contributed by atoms with E-state index in [2.05, 4.69) is 53.5 Å². The Bertz CT molecular complexity index is 538. The number of hydrogen-bond donors (Lipinski definition) is 1. The van der Waals surface area contributed by atoms with Gasteiger partial charge in [0.2, 0.25) is 0 Å². The van der Waals surface area contributed by atoms with E-state index in [9.17, 15) is 0 Å². The lowest BCUT2D eigenvalue weighted by atomic mass is 9.86. The van der Waals surface area contributed by atoms with E-state index in [-0.39, 0.29) is 0 Å². The van der Waals surface area contributed by atoms with E-state index in [1.165, 1.54) is 17.5 Å². The molecule has 2 heterocycles. The van der Waals surface area contributed by atoms with Gasteiger partial charge in [-0.05, 0) is 66.2 Å². The highest BCUT2D eigenvalue weighted by Gasteiger charge is 2.23. The lowest BCUT2D eigenvalue weighted by Gasteiger charge is -2.29. The Labute approximate surface area is 124 Å². The monoisotopic (exact) mass is 287 g/mol. The van der Waals surface area contributed by atoms with Crippen LogP contribution < -0.4 is 10.1 Å². The summed E-state index contributed by atoms with van der Waals surface area (Å²) in [7, 11) is 2.07. The number of nitrogens with one attached hydrogen (secondary N) is 1. The van der Waals surface area contributed by atoms with Crippen LogP contribution in [0.25, 0.3) is 0 Å². The molecule has 1 aliphatic rings. The Morgan fingerprint density at radius 1 is 1.35 bits per heavy atom. The third kappa shape index (κ3) is 3.05. The van der Waals surface area contributed by atoms with Crippen LogP contribution in [-0.4, -0.2) is 19.7 Å². The van der Waals surface area contributed by atoms with Gasteiger partial charge < -0.3 is 10.1 Å². The highest BCUT2D eigenvalue weighted by atomic mass is 32.1. The van der Waals surface area contributed by atoms with Crippen LogP contribution >= 0.6 is 11.3 Å². The van der Waals surface area contributed by atoms with Crippen molar-refractivity contribution in [3.63, 3.8) is 0 Å². The molecule has 1 aromatic carbocycles. The minimum Gasteiger partial charge on any atom is -0.493 e. The zero-order valence-electron chi connectivity index (χ0n) is 11.8. The van der Waals surface area contributed by atoms with E-state index < -0.39 is 0 Å². The molecule has 2 unspecified atom stereocenters. The van der Waals surface area contributed by atoms with Crippen molar-refractivity contribution >= 4 is 11.3 Å². The van der Waals surface area contributed by atoms with Gasteiger partial charge >= 0.3 is 0 Å². The third-order valence-electron chi connectivity index (χ3n) is 4.12. The number of thiophene rings is 1. The zero-order chi connectivity index (χ0) is 13.8. The molecule has 0 amide bonds. The Morgan fingerprint density at radius 2 is 2.25 bits per heavy atom. The van der Waals surface area contributed by atoms with Crippen LogP contribution in [0.5, 0.6) is 5.75 Å². The average molecular weight is 287 g/mol. The van der Waals surface area contributed by atoms with Crippen molar-refractivity contribution in [3.8, 4) is 5.75 Å². The highest BCUT2D eigenvalue weighted by molar-refractivity contribution is 7.07. The van der Waals surface area contributed by atoms with Crippen LogP contribution in [0.3, 0.4) is 0 Å². The summed E-state index contributed by atoms with van der Waals surface area (Å²) in [6.07, 6.45) is 3.41. The summed E-state index contributed by atoms with van der Waals surface area (Å²) in [6.45, 7) is 0.844. The molecular weight excluding hydrogens is 266 g/mol. The second-order valence-corrected chi connectivity index (χ2v) is 6.21. The molecule has 2 aromatic rings. The van der Waals surface area contributed by atoms with Crippen molar-refractivity contribution in [2.45, 2.75) is 31.2 Å². The molecule has 0 saturated heterocycles. The van der Waals surface area contributed by atoms with Gasteiger partial charge in [0.1, 0.15) is 5.75 Å². The second kappa shape index (κ2) is 6.42. The summed E-state index contributed by atoms with van der Waals surface area (Å²) >= 11 is 1.78. The minimum atomic E-state index is 0.528. The standard InChI is InChI=1S/C17H21NOS/c1-18-15(10-13-7-9-20-12-13)11-14-6-8-19-17-5-3-2-4-16(14)17/h2-5,7,9,12,14-15,18H,6,8,10-11H2,1H3. The summed E-state index contributed by atoms with van der Waals surface area (Å²) in [5.41, 5.74) is 2.82. The van der Waals surface area contributed by atoms with Gasteiger partial charge in [-0.2, -0.15) is 11.3 Å². The first kappa shape index (κ1) is 13.7. The molecule has 0 aliphatic carbocycles. The van der Waals surface area contributed by atoms with Crippen molar-refractivity contribution in [1.29, 1.82) is 0 Å². The zero-order valence-corrected chi connectivity index (χ0v) is 12.7. The summed E-state index contributed by atoms with van der Waals surface area (Å²) in [4.78, 5) is 0. The van der Waals surface area contributed by atoms with E-state index in [4.69, 9.17) is 4.74 Å². The summed E-state index contributed by atoms with van der Waals surface area (Å²) in [5.74, 6) is 1.69. The molecule has 0 bridgehead atoms. The molecule has 3 heteroatoms. The number of likely N-dealkylation sites (N-methyl/N-ethyl adjacent to an activating group) is 1. The van der Waals surface area contributed by atoms with Crippen molar-refractivity contribution in [3.05, 3.63) is 52.2 Å². The van der Waals surface area contributed by atoms with Crippen molar-refractivity contribution in [2.75, 3.05) is 13.7 Å². The van der Waals surface area contributed by atoms with Crippen LogP contribution in [0.15, 0.2) is 41.1 Å². The van der Waals surface area contributed by atoms with E-state index >= 15 is 0 Å². The molecule has 0 fully saturated rings. The Hall–Kier alpha value is -1.32. The van der Waals surface area contributed by atoms with Crippen LogP contribution in [0, 0.1) is 0 Å². The van der Waals surface area contributed by atoms with E-state index in [1.54, 1.807) is 11.3 Å². The van der Waals surface area contributed by atoms with Gasteiger partial charge in [0, 0.05) is 6.04 Å². The van der Waals surface area contributed by atoms with Gasteiger partial charge in [0.25, 0.3) is 0 Å². The fourth-order valence-corrected chi connectivity index (χ4v) is 3.68. The van der Waals surface area contributed by atoms with Gasteiger partial charge in [-0.3, -0.25) is 0 Å². The molecule has 1 aliphatic heterocycles. The van der Waals surface area contributed by atoms with Gasteiger partial charge in [0.05, 0.1) is 6.61 Å². The Kier molecular flexibility index (Phi) is 4.38. The maximum absolute atomic E-state index is 5.76. The molecule has 1 aromatic heterocycles. The number of ether oxygens (including phenoxy) is 1. The van der Waals surface area contributed by atoms with Crippen LogP contribution in [-0.2, 0) is 6.42 Å². The number of hydrogen-bond acceptors (Lipinski definition) is 3. The van der Waals surface area contributed by atoms with Gasteiger partial charge in [-0.1, -0.05) is 18.2 Å². The molecule has 2 atom stereocenters. The second-order valence-electron chi connectivity index (χ2n) is 5.43. The Morgan fingerprint density at radius 3 is 3.05 bits per heavy atom. The SMILES string of the molecule is CNC(Cc1ccsc1)CC1CCOc2ccccc21. The fourth-order valence-electron chi connectivity index (χ4n) is 3.00. The molecule has 2 nitrogen and oxygen atoms in total. The lowest BCUT2D eigenvalue weighted by Crippen LogP contribution is -2.30. The van der Waals surface area contributed by atoms with Crippen LogP contribution in [0.1, 0.15) is 29.9 Å². The Balaban J connectivity index is 1.70. The summed E-state index contributed by atoms with van der Waals surface area (Å²) in [5, 5.41) is 7.89. The van der Waals surface area contributed by atoms with E-state index in [1.807, 2.05) is 0 Å². The first-order valence-electron chi connectivity index (χ1n) is 7.27. The molecule has 0 radical (unpaired) electrons. The minimum absolute atomic E-state index is 0.528. The van der Waals surface area contributed by atoms with Gasteiger partial charge in [-0.15, -0.1) is 0 Å². The molecule has 3 rings (SSSR count). The highest BCUT2D eigenvalue weighted by Crippen LogP contribution is 2.36. The maximum atomic E-state index is 5.76. The lowest BCUT2D eigenvalue weighted by molar-refractivity contribution is 0.256. The maximum Gasteiger partial charge on any atom is 0.122 e. The first-order chi connectivity index (χ1) is 9.86. The quantitative estimate of drug-likeness (QED) is 0.902. The predicted octanol–water partition coefficient (Wildman–Crippen LogP) is 3.84. The molecular formula is C17H21NOS. The van der Waals surface area contributed by atoms with Gasteiger partial charge in [-0.25, -0.2) is 0 Å². The average Bonchev–Trinajstić information content (AvgIpc) is 3.00. The number of benzene rings is 1. The number of para-hydroxylation sites is 1. The summed E-state index contributed by atoms with van der Waals surface area (Å²) in [6, 6.07) is 11.2. The van der Waals surface area contributed by atoms with E-state index in [0.717, 1.165) is 25.2 Å². The molecule has 0 saturated carbocycles. The first-order valence-corrected chi connectivity index (χ1v) is 8.21. The normalized spacial score (nSPS) is 19.1.